The molecule has 0 amide bonds. The molecule has 0 saturated carbocycles. The van der Waals surface area contributed by atoms with Gasteiger partial charge in [-0.25, -0.2) is 4.39 Å². The van der Waals surface area contributed by atoms with Crippen LogP contribution in [0.15, 0.2) is 48.0 Å². The Morgan fingerprint density at radius 2 is 1.91 bits per heavy atom. The Morgan fingerprint density at radius 3 is 2.59 bits per heavy atom. The van der Waals surface area contributed by atoms with Crippen LogP contribution in [0.5, 0.6) is 5.75 Å². The molecule has 2 aromatic carbocycles. The van der Waals surface area contributed by atoms with Crippen LogP contribution >= 0.6 is 11.6 Å². The molecule has 0 atom stereocenters. The van der Waals surface area contributed by atoms with Gasteiger partial charge in [-0.3, -0.25) is 0 Å². The zero-order chi connectivity index (χ0) is 15.9. The number of rotatable bonds is 4. The molecule has 0 unspecified atom stereocenters. The second-order valence-electron chi connectivity index (χ2n) is 4.34. The van der Waals surface area contributed by atoms with Crippen molar-refractivity contribution in [3.8, 4) is 17.9 Å². The molecule has 2 aromatic rings. The summed E-state index contributed by atoms with van der Waals surface area (Å²) >= 11 is 5.95. The average molecular weight is 313 g/mol. The number of halogens is 2. The Labute approximate surface area is 132 Å². The van der Waals surface area contributed by atoms with Crippen LogP contribution in [-0.4, -0.2) is 0 Å². The fourth-order valence-electron chi connectivity index (χ4n) is 1.77. The highest BCUT2D eigenvalue weighted by Gasteiger charge is 2.06. The molecular weight excluding hydrogens is 303 g/mol. The third-order valence-electron chi connectivity index (χ3n) is 2.86. The summed E-state index contributed by atoms with van der Waals surface area (Å²) in [5, 5.41) is 17.9. The van der Waals surface area contributed by atoms with Crippen LogP contribution in [0.2, 0.25) is 5.02 Å². The Morgan fingerprint density at radius 1 is 1.18 bits per heavy atom. The summed E-state index contributed by atoms with van der Waals surface area (Å²) < 4.78 is 18.7. The van der Waals surface area contributed by atoms with Gasteiger partial charge < -0.3 is 4.74 Å². The van der Waals surface area contributed by atoms with Gasteiger partial charge in [-0.1, -0.05) is 35.9 Å². The zero-order valence-electron chi connectivity index (χ0n) is 11.4. The molecule has 0 bridgehead atoms. The van der Waals surface area contributed by atoms with E-state index in [0.717, 1.165) is 0 Å². The van der Waals surface area contributed by atoms with Gasteiger partial charge >= 0.3 is 0 Å². The number of para-hydroxylation sites is 1. The fourth-order valence-corrected chi connectivity index (χ4v) is 1.99. The summed E-state index contributed by atoms with van der Waals surface area (Å²) in [5.74, 6) is 0.0932. The topological polar surface area (TPSA) is 56.8 Å². The Bertz CT molecular complexity index is 787. The Kier molecular flexibility index (Phi) is 5.14. The quantitative estimate of drug-likeness (QED) is 0.782. The maximum atomic E-state index is 13.0. The van der Waals surface area contributed by atoms with Crippen molar-refractivity contribution in [1.29, 1.82) is 10.5 Å². The van der Waals surface area contributed by atoms with Crippen molar-refractivity contribution in [2.75, 3.05) is 0 Å². The largest absolute Gasteiger partial charge is 0.488 e. The summed E-state index contributed by atoms with van der Waals surface area (Å²) in [5.41, 5.74) is 1.23. The van der Waals surface area contributed by atoms with Crippen LogP contribution in [0.4, 0.5) is 4.39 Å². The molecule has 0 radical (unpaired) electrons. The summed E-state index contributed by atoms with van der Waals surface area (Å²) in [6.45, 7) is 0.151. The fraction of sp³-hybridized carbons (Fsp3) is 0.0588. The minimum atomic E-state index is -0.412. The molecule has 0 N–H and O–H groups in total. The van der Waals surface area contributed by atoms with Gasteiger partial charge in [0.1, 0.15) is 35.9 Å². The maximum Gasteiger partial charge on any atom is 0.130 e. The van der Waals surface area contributed by atoms with Crippen molar-refractivity contribution in [2.45, 2.75) is 6.61 Å². The van der Waals surface area contributed by atoms with E-state index in [4.69, 9.17) is 26.9 Å². The number of nitriles is 2. The molecule has 0 saturated heterocycles. The first-order valence-electron chi connectivity index (χ1n) is 6.31. The first-order chi connectivity index (χ1) is 10.6. The van der Waals surface area contributed by atoms with Crippen LogP contribution in [0, 0.1) is 28.5 Å². The SMILES string of the molecule is N#CC(C#N)=Cc1ccccc1OCc1ccc(F)cc1Cl. The van der Waals surface area contributed by atoms with Crippen LogP contribution in [0.25, 0.3) is 6.08 Å². The van der Waals surface area contributed by atoms with Crippen molar-refractivity contribution < 1.29 is 9.13 Å². The van der Waals surface area contributed by atoms with Crippen molar-refractivity contribution >= 4 is 17.7 Å². The monoisotopic (exact) mass is 312 g/mol. The molecule has 0 heterocycles. The summed E-state index contributed by atoms with van der Waals surface area (Å²) in [6, 6.07) is 14.7. The van der Waals surface area contributed by atoms with Gasteiger partial charge in [-0.05, 0) is 24.3 Å². The second kappa shape index (κ2) is 7.26. The smallest absolute Gasteiger partial charge is 0.130 e. The number of benzene rings is 2. The average Bonchev–Trinajstić information content (AvgIpc) is 2.52. The molecule has 0 aliphatic carbocycles. The lowest BCUT2D eigenvalue weighted by molar-refractivity contribution is 0.305. The molecule has 0 fully saturated rings. The van der Waals surface area contributed by atoms with Crippen molar-refractivity contribution in [3.63, 3.8) is 0 Å². The summed E-state index contributed by atoms with van der Waals surface area (Å²) in [6.07, 6.45) is 1.45. The van der Waals surface area contributed by atoms with Crippen LogP contribution in [0.3, 0.4) is 0 Å². The van der Waals surface area contributed by atoms with E-state index in [1.807, 2.05) is 0 Å². The van der Waals surface area contributed by atoms with Gasteiger partial charge in [-0.2, -0.15) is 10.5 Å². The minimum absolute atomic E-state index is 0.0177. The first-order valence-corrected chi connectivity index (χ1v) is 6.69. The van der Waals surface area contributed by atoms with Crippen LogP contribution < -0.4 is 4.74 Å². The molecule has 0 aliphatic rings. The highest BCUT2D eigenvalue weighted by Crippen LogP contribution is 2.24. The lowest BCUT2D eigenvalue weighted by Crippen LogP contribution is -1.98. The van der Waals surface area contributed by atoms with E-state index >= 15 is 0 Å². The lowest BCUT2D eigenvalue weighted by Gasteiger charge is -2.10. The van der Waals surface area contributed by atoms with Crippen LogP contribution in [-0.2, 0) is 6.61 Å². The van der Waals surface area contributed by atoms with E-state index in [-0.39, 0.29) is 17.2 Å². The Balaban J connectivity index is 2.22. The van der Waals surface area contributed by atoms with Crippen molar-refractivity contribution in [2.24, 2.45) is 0 Å². The number of nitrogens with zero attached hydrogens (tertiary/aromatic N) is 2. The van der Waals surface area contributed by atoms with E-state index in [1.54, 1.807) is 42.5 Å². The second-order valence-corrected chi connectivity index (χ2v) is 4.75. The highest BCUT2D eigenvalue weighted by atomic mass is 35.5. The standard InChI is InChI=1S/C17H10ClFN2O/c18-16-8-15(19)6-5-14(16)11-22-17-4-2-1-3-13(17)7-12(9-20)10-21/h1-8H,11H2. The van der Waals surface area contributed by atoms with E-state index in [9.17, 15) is 4.39 Å². The minimum Gasteiger partial charge on any atom is -0.488 e. The van der Waals surface area contributed by atoms with E-state index in [2.05, 4.69) is 0 Å². The van der Waals surface area contributed by atoms with Gasteiger partial charge in [-0.15, -0.1) is 0 Å². The molecule has 0 aromatic heterocycles. The number of hydrogen-bond acceptors (Lipinski definition) is 3. The van der Waals surface area contributed by atoms with E-state index in [1.165, 1.54) is 18.2 Å². The number of hydrogen-bond donors (Lipinski definition) is 0. The molecule has 0 aliphatic heterocycles. The third-order valence-corrected chi connectivity index (χ3v) is 3.21. The van der Waals surface area contributed by atoms with E-state index < -0.39 is 5.82 Å². The molecule has 3 nitrogen and oxygen atoms in total. The molecule has 5 heteroatoms. The predicted octanol–water partition coefficient (Wildman–Crippen LogP) is 4.49. The molecule has 108 valence electrons. The number of ether oxygens (including phenoxy) is 1. The summed E-state index contributed by atoms with van der Waals surface area (Å²) in [7, 11) is 0. The summed E-state index contributed by atoms with van der Waals surface area (Å²) in [4.78, 5) is 0. The zero-order valence-corrected chi connectivity index (χ0v) is 12.1. The van der Waals surface area contributed by atoms with Crippen LogP contribution in [0.1, 0.15) is 11.1 Å². The molecular formula is C17H10ClFN2O. The van der Waals surface area contributed by atoms with Gasteiger partial charge in [0.05, 0.1) is 5.02 Å². The normalized spacial score (nSPS) is 9.45. The third kappa shape index (κ3) is 3.85. The predicted molar refractivity (Wildman–Crippen MR) is 81.4 cm³/mol. The number of allylic oxidation sites excluding steroid dienone is 1. The molecule has 22 heavy (non-hydrogen) atoms. The maximum absolute atomic E-state index is 13.0. The van der Waals surface area contributed by atoms with Gasteiger partial charge in [0.15, 0.2) is 0 Å². The Hall–Kier alpha value is -2.82. The van der Waals surface area contributed by atoms with Gasteiger partial charge in [0.2, 0.25) is 0 Å². The molecule has 2 rings (SSSR count). The van der Waals surface area contributed by atoms with Gasteiger partial charge in [0.25, 0.3) is 0 Å². The van der Waals surface area contributed by atoms with Crippen molar-refractivity contribution in [1.82, 2.24) is 0 Å². The lowest BCUT2D eigenvalue weighted by atomic mass is 10.1. The van der Waals surface area contributed by atoms with Crippen molar-refractivity contribution in [3.05, 3.63) is 70.0 Å². The highest BCUT2D eigenvalue weighted by molar-refractivity contribution is 6.31. The first kappa shape index (κ1) is 15.6. The van der Waals surface area contributed by atoms with E-state index in [0.29, 0.717) is 16.9 Å². The van der Waals surface area contributed by atoms with Gasteiger partial charge in [0, 0.05) is 11.1 Å². The molecule has 0 spiro atoms.